The number of halogens is 5. The van der Waals surface area contributed by atoms with E-state index in [1.54, 1.807) is 18.2 Å². The first-order valence-electron chi connectivity index (χ1n) is 15.2. The van der Waals surface area contributed by atoms with E-state index in [0.29, 0.717) is 55.8 Å². The maximum Gasteiger partial charge on any atom is 0.417 e. The summed E-state index contributed by atoms with van der Waals surface area (Å²) in [5.74, 6) is -0.305. The Morgan fingerprint density at radius 3 is 2.00 bits per heavy atom. The first kappa shape index (κ1) is 36.9. The molecule has 4 aromatic rings. The lowest BCUT2D eigenvalue weighted by molar-refractivity contribution is -0.144. The number of ether oxygens (including phenoxy) is 1. The van der Waals surface area contributed by atoms with Crippen LogP contribution in [0.25, 0.3) is 0 Å². The molecule has 1 N–H and O–H groups in total. The number of hydrogen-bond donors (Lipinski definition) is 1. The second-order valence-electron chi connectivity index (χ2n) is 11.2. The Morgan fingerprint density at radius 1 is 0.870 bits per heavy atom. The summed E-state index contributed by atoms with van der Waals surface area (Å²) in [7, 11) is 0. The van der Waals surface area contributed by atoms with Gasteiger partial charge in [0.05, 0.1) is 22.6 Å². The summed E-state index contributed by atoms with van der Waals surface area (Å²) >= 11 is 6.33. The van der Waals surface area contributed by atoms with Gasteiger partial charge in [-0.25, -0.2) is 0 Å². The van der Waals surface area contributed by atoms with Crippen molar-refractivity contribution >= 4 is 30.0 Å². The number of carboxylic acid groups (broad SMARTS) is 1. The standard InChI is InChI=1S/C37H39ClF3NO3.ClH/c1-3-36(4-2,35(43)44)30-19-12-20-31(24-30)45-23-13-22-42(25-29-18-11-21-33(34(29)38)37(39,40)41)26-32(27-14-7-5-8-15-27)28-16-9-6-10-17-28;/h5-12,14-21,24,32H,3-4,13,22-23,25-26H2,1-2H3,(H,43,44);1H. The minimum atomic E-state index is -4.55. The molecular weight excluding hydrogens is 634 g/mol. The highest BCUT2D eigenvalue weighted by molar-refractivity contribution is 6.32. The monoisotopic (exact) mass is 673 g/mol. The van der Waals surface area contributed by atoms with Gasteiger partial charge in [0.25, 0.3) is 0 Å². The molecule has 0 unspecified atom stereocenters. The minimum Gasteiger partial charge on any atom is -0.494 e. The zero-order valence-electron chi connectivity index (χ0n) is 26.0. The van der Waals surface area contributed by atoms with E-state index in [9.17, 15) is 23.1 Å². The van der Waals surface area contributed by atoms with E-state index in [1.807, 2.05) is 62.4 Å². The molecule has 0 heterocycles. The number of nitrogens with zero attached hydrogens (tertiary/aromatic N) is 1. The molecule has 246 valence electrons. The largest absolute Gasteiger partial charge is 0.494 e. The van der Waals surface area contributed by atoms with Crippen LogP contribution in [0.2, 0.25) is 5.02 Å². The average Bonchev–Trinajstić information content (AvgIpc) is 3.04. The number of carboxylic acids is 1. The van der Waals surface area contributed by atoms with Gasteiger partial charge in [0.1, 0.15) is 5.75 Å². The number of rotatable bonds is 15. The van der Waals surface area contributed by atoms with Gasteiger partial charge in [-0.15, -0.1) is 12.4 Å². The van der Waals surface area contributed by atoms with Gasteiger partial charge in [0, 0.05) is 25.6 Å². The van der Waals surface area contributed by atoms with Gasteiger partial charge in [-0.3, -0.25) is 9.69 Å². The third-order valence-electron chi connectivity index (χ3n) is 8.51. The molecule has 0 saturated heterocycles. The van der Waals surface area contributed by atoms with Crippen LogP contribution in [0, 0.1) is 0 Å². The number of benzene rings is 4. The smallest absolute Gasteiger partial charge is 0.417 e. The van der Waals surface area contributed by atoms with E-state index in [1.165, 1.54) is 6.07 Å². The summed E-state index contributed by atoms with van der Waals surface area (Å²) in [6, 6.07) is 31.4. The van der Waals surface area contributed by atoms with Gasteiger partial charge in [0.15, 0.2) is 0 Å². The van der Waals surface area contributed by atoms with Crippen molar-refractivity contribution in [2.24, 2.45) is 0 Å². The Labute approximate surface area is 280 Å². The molecule has 9 heteroatoms. The van der Waals surface area contributed by atoms with E-state index in [0.717, 1.165) is 17.2 Å². The Bertz CT molecular complexity index is 1490. The van der Waals surface area contributed by atoms with E-state index < -0.39 is 23.1 Å². The van der Waals surface area contributed by atoms with E-state index in [-0.39, 0.29) is 29.9 Å². The molecule has 0 fully saturated rings. The zero-order chi connectivity index (χ0) is 32.5. The minimum absolute atomic E-state index is 0. The van der Waals surface area contributed by atoms with Gasteiger partial charge in [-0.1, -0.05) is 110 Å². The summed E-state index contributed by atoms with van der Waals surface area (Å²) in [5, 5.41) is 9.68. The van der Waals surface area contributed by atoms with E-state index in [4.69, 9.17) is 16.3 Å². The van der Waals surface area contributed by atoms with Gasteiger partial charge >= 0.3 is 12.1 Å². The van der Waals surface area contributed by atoms with Crippen LogP contribution in [0.15, 0.2) is 103 Å². The van der Waals surface area contributed by atoms with Gasteiger partial charge in [-0.05, 0) is 59.7 Å². The van der Waals surface area contributed by atoms with Crippen molar-refractivity contribution in [3.8, 4) is 5.75 Å². The van der Waals surface area contributed by atoms with E-state index in [2.05, 4.69) is 29.2 Å². The van der Waals surface area contributed by atoms with Gasteiger partial charge in [-0.2, -0.15) is 13.2 Å². The number of alkyl halides is 3. The van der Waals surface area contributed by atoms with Crippen molar-refractivity contribution in [3.05, 3.63) is 136 Å². The van der Waals surface area contributed by atoms with Crippen molar-refractivity contribution in [1.82, 2.24) is 4.90 Å². The average molecular weight is 675 g/mol. The lowest BCUT2D eigenvalue weighted by Crippen LogP contribution is -2.34. The van der Waals surface area contributed by atoms with Crippen LogP contribution in [0.1, 0.15) is 66.8 Å². The highest BCUT2D eigenvalue weighted by atomic mass is 35.5. The molecule has 0 aromatic heterocycles. The van der Waals surface area contributed by atoms with E-state index >= 15 is 0 Å². The molecule has 0 aliphatic rings. The molecule has 0 atom stereocenters. The SMILES string of the molecule is CCC(CC)(C(=O)O)c1cccc(OCCCN(Cc2cccc(C(F)(F)F)c2Cl)CC(c2ccccc2)c2ccccc2)c1.Cl. The third kappa shape index (κ3) is 9.05. The number of carbonyl (C=O) groups is 1. The molecule has 0 bridgehead atoms. The maximum absolute atomic E-state index is 13.7. The lowest BCUT2D eigenvalue weighted by Gasteiger charge is -2.29. The summed E-state index contributed by atoms with van der Waals surface area (Å²) in [4.78, 5) is 14.3. The Hall–Kier alpha value is -3.52. The summed E-state index contributed by atoms with van der Waals surface area (Å²) < 4.78 is 47.1. The number of aliphatic carboxylic acids is 1. The topological polar surface area (TPSA) is 49.8 Å². The first-order chi connectivity index (χ1) is 21.6. The third-order valence-corrected chi connectivity index (χ3v) is 8.96. The number of hydrogen-bond acceptors (Lipinski definition) is 3. The van der Waals surface area contributed by atoms with Crippen molar-refractivity contribution in [1.29, 1.82) is 0 Å². The van der Waals surface area contributed by atoms with Crippen LogP contribution in [0.5, 0.6) is 5.75 Å². The maximum atomic E-state index is 13.7. The van der Waals surface area contributed by atoms with Crippen molar-refractivity contribution in [2.45, 2.75) is 57.2 Å². The normalized spacial score (nSPS) is 11.8. The summed E-state index contributed by atoms with van der Waals surface area (Å²) in [5.41, 5.74) is 1.49. The molecule has 0 spiro atoms. The molecule has 4 aromatic carbocycles. The van der Waals surface area contributed by atoms with Crippen LogP contribution in [0.4, 0.5) is 13.2 Å². The fourth-order valence-corrected chi connectivity index (χ4v) is 6.17. The molecule has 0 amide bonds. The molecule has 0 aliphatic carbocycles. The van der Waals surface area contributed by atoms with Crippen LogP contribution in [-0.4, -0.2) is 35.7 Å². The van der Waals surface area contributed by atoms with Crippen LogP contribution < -0.4 is 4.74 Å². The highest BCUT2D eigenvalue weighted by Crippen LogP contribution is 2.37. The Balaban J connectivity index is 0.00000576. The summed E-state index contributed by atoms with van der Waals surface area (Å²) in [6.07, 6.45) is -3.05. The highest BCUT2D eigenvalue weighted by Gasteiger charge is 2.37. The van der Waals surface area contributed by atoms with Crippen molar-refractivity contribution < 1.29 is 27.8 Å². The zero-order valence-corrected chi connectivity index (χ0v) is 27.5. The summed E-state index contributed by atoms with van der Waals surface area (Å²) in [6.45, 7) is 5.39. The second-order valence-corrected chi connectivity index (χ2v) is 11.6. The fraction of sp³-hybridized carbons (Fsp3) is 0.324. The Kier molecular flexibility index (Phi) is 13.5. The predicted molar refractivity (Wildman–Crippen MR) is 180 cm³/mol. The Morgan fingerprint density at radius 2 is 1.46 bits per heavy atom. The van der Waals surface area contributed by atoms with Crippen molar-refractivity contribution in [3.63, 3.8) is 0 Å². The molecule has 0 saturated carbocycles. The first-order valence-corrected chi connectivity index (χ1v) is 15.6. The fourth-order valence-electron chi connectivity index (χ4n) is 5.87. The molecule has 0 radical (unpaired) electrons. The van der Waals surface area contributed by atoms with Gasteiger partial charge < -0.3 is 9.84 Å². The molecule has 4 rings (SSSR count). The molecule has 0 aliphatic heterocycles. The quantitative estimate of drug-likeness (QED) is 0.128. The second kappa shape index (κ2) is 16.9. The van der Waals surface area contributed by atoms with Crippen LogP contribution >= 0.6 is 24.0 Å². The van der Waals surface area contributed by atoms with Crippen LogP contribution in [0.3, 0.4) is 0 Å². The van der Waals surface area contributed by atoms with Gasteiger partial charge in [0.2, 0.25) is 0 Å². The van der Waals surface area contributed by atoms with Crippen molar-refractivity contribution in [2.75, 3.05) is 19.7 Å². The molecule has 4 nitrogen and oxygen atoms in total. The lowest BCUT2D eigenvalue weighted by atomic mass is 9.76. The molecular formula is C37H40Cl2F3NO3. The van der Waals surface area contributed by atoms with Crippen LogP contribution in [-0.2, 0) is 22.9 Å². The molecule has 46 heavy (non-hydrogen) atoms. The predicted octanol–water partition coefficient (Wildman–Crippen LogP) is 10.0.